The van der Waals surface area contributed by atoms with Gasteiger partial charge in [-0.25, -0.2) is 4.39 Å². The van der Waals surface area contributed by atoms with Crippen molar-refractivity contribution in [3.05, 3.63) is 30.1 Å². The van der Waals surface area contributed by atoms with E-state index in [1.165, 1.54) is 12.1 Å². The molecule has 2 nitrogen and oxygen atoms in total. The summed E-state index contributed by atoms with van der Waals surface area (Å²) < 4.78 is 12.4. The number of benzene rings is 1. The molecule has 0 saturated carbocycles. The summed E-state index contributed by atoms with van der Waals surface area (Å²) >= 11 is 4.85. The topological polar surface area (TPSA) is 24.1 Å². The normalized spacial score (nSPS) is 9.17. The molecule has 0 aliphatic rings. The van der Waals surface area contributed by atoms with Crippen LogP contribution in [0.5, 0.6) is 0 Å². The van der Waals surface area contributed by atoms with Crippen molar-refractivity contribution in [1.82, 2.24) is 5.32 Å². The summed E-state index contributed by atoms with van der Waals surface area (Å²) in [5.74, 6) is -0.254. The van der Waals surface area contributed by atoms with Crippen molar-refractivity contribution in [2.24, 2.45) is 0 Å². The Morgan fingerprint density at radius 1 is 1.33 bits per heavy atom. The molecule has 0 aliphatic heterocycles. The highest BCUT2D eigenvalue weighted by atomic mass is 32.1. The van der Waals surface area contributed by atoms with E-state index in [2.05, 4.69) is 10.6 Å². The number of halogens is 1. The van der Waals surface area contributed by atoms with Crippen molar-refractivity contribution in [1.29, 1.82) is 0 Å². The molecular weight excluding hydrogens is 175 g/mol. The van der Waals surface area contributed by atoms with Crippen LogP contribution >= 0.6 is 12.2 Å². The van der Waals surface area contributed by atoms with Gasteiger partial charge in [-0.05, 0) is 36.5 Å². The number of anilines is 1. The third kappa shape index (κ3) is 2.47. The van der Waals surface area contributed by atoms with E-state index in [1.807, 2.05) is 0 Å². The Bertz CT molecular complexity index is 271. The van der Waals surface area contributed by atoms with Gasteiger partial charge in [-0.15, -0.1) is 0 Å². The Morgan fingerprint density at radius 2 is 1.92 bits per heavy atom. The molecule has 0 spiro atoms. The number of thiocarbonyl (C=S) groups is 1. The molecule has 0 amide bonds. The van der Waals surface area contributed by atoms with Crippen molar-refractivity contribution in [3.8, 4) is 0 Å². The summed E-state index contributed by atoms with van der Waals surface area (Å²) in [5, 5.41) is 6.14. The van der Waals surface area contributed by atoms with Crippen molar-refractivity contribution in [2.75, 3.05) is 12.4 Å². The second kappa shape index (κ2) is 4.01. The quantitative estimate of drug-likeness (QED) is 0.650. The van der Waals surface area contributed by atoms with Crippen LogP contribution in [0.2, 0.25) is 0 Å². The first-order chi connectivity index (χ1) is 5.72. The molecule has 2 N–H and O–H groups in total. The van der Waals surface area contributed by atoms with Gasteiger partial charge in [0.15, 0.2) is 5.11 Å². The largest absolute Gasteiger partial charge is 0.366 e. The van der Waals surface area contributed by atoms with Crippen molar-refractivity contribution >= 4 is 23.0 Å². The Hall–Kier alpha value is -1.16. The summed E-state index contributed by atoms with van der Waals surface area (Å²) in [6.45, 7) is 0. The van der Waals surface area contributed by atoms with Gasteiger partial charge < -0.3 is 10.6 Å². The number of hydrogen-bond acceptors (Lipinski definition) is 1. The van der Waals surface area contributed by atoms with Crippen LogP contribution in [0.3, 0.4) is 0 Å². The van der Waals surface area contributed by atoms with E-state index < -0.39 is 0 Å². The van der Waals surface area contributed by atoms with Gasteiger partial charge >= 0.3 is 0 Å². The molecule has 1 aromatic rings. The van der Waals surface area contributed by atoms with Crippen molar-refractivity contribution < 1.29 is 4.39 Å². The van der Waals surface area contributed by atoms with Gasteiger partial charge in [-0.2, -0.15) is 0 Å². The zero-order chi connectivity index (χ0) is 8.97. The molecular formula is C8H9FN2S. The molecule has 0 fully saturated rings. The first kappa shape index (κ1) is 8.93. The van der Waals surface area contributed by atoms with Gasteiger partial charge in [0.25, 0.3) is 0 Å². The lowest BCUT2D eigenvalue weighted by atomic mass is 10.3. The first-order valence-electron chi connectivity index (χ1n) is 3.46. The van der Waals surface area contributed by atoms with Crippen LogP contribution < -0.4 is 10.6 Å². The minimum atomic E-state index is -0.254. The molecule has 4 heteroatoms. The van der Waals surface area contributed by atoms with E-state index in [0.717, 1.165) is 5.69 Å². The zero-order valence-corrected chi connectivity index (χ0v) is 7.41. The Kier molecular flexibility index (Phi) is 2.99. The monoisotopic (exact) mass is 184 g/mol. The predicted octanol–water partition coefficient (Wildman–Crippen LogP) is 1.74. The highest BCUT2D eigenvalue weighted by Crippen LogP contribution is 2.07. The van der Waals surface area contributed by atoms with Crippen LogP contribution in [-0.2, 0) is 0 Å². The molecule has 1 rings (SSSR count). The number of hydrogen-bond donors (Lipinski definition) is 2. The smallest absolute Gasteiger partial charge is 0.170 e. The van der Waals surface area contributed by atoms with Crippen LogP contribution in [0.15, 0.2) is 24.3 Å². The number of nitrogens with one attached hydrogen (secondary N) is 2. The molecule has 64 valence electrons. The Balaban J connectivity index is 2.64. The second-order valence-corrected chi connectivity index (χ2v) is 2.62. The van der Waals surface area contributed by atoms with E-state index >= 15 is 0 Å². The third-order valence-electron chi connectivity index (χ3n) is 1.33. The molecule has 0 aliphatic carbocycles. The highest BCUT2D eigenvalue weighted by molar-refractivity contribution is 7.80. The van der Waals surface area contributed by atoms with Crippen LogP contribution in [0.4, 0.5) is 10.1 Å². The van der Waals surface area contributed by atoms with Gasteiger partial charge in [-0.3, -0.25) is 0 Å². The molecule has 0 radical (unpaired) electrons. The molecule has 0 aromatic heterocycles. The van der Waals surface area contributed by atoms with Gasteiger partial charge in [0.1, 0.15) is 5.82 Å². The lowest BCUT2D eigenvalue weighted by Gasteiger charge is -2.05. The second-order valence-electron chi connectivity index (χ2n) is 2.21. The van der Waals surface area contributed by atoms with E-state index in [1.54, 1.807) is 19.2 Å². The number of rotatable bonds is 1. The van der Waals surface area contributed by atoms with Gasteiger partial charge in [0.05, 0.1) is 0 Å². The van der Waals surface area contributed by atoms with Gasteiger partial charge in [0, 0.05) is 12.7 Å². The maximum atomic E-state index is 12.4. The minimum absolute atomic E-state index is 0.254. The summed E-state index contributed by atoms with van der Waals surface area (Å²) in [4.78, 5) is 0. The third-order valence-corrected chi connectivity index (χ3v) is 1.64. The van der Waals surface area contributed by atoms with Crippen LogP contribution in [0.25, 0.3) is 0 Å². The van der Waals surface area contributed by atoms with E-state index in [4.69, 9.17) is 12.2 Å². The van der Waals surface area contributed by atoms with E-state index in [-0.39, 0.29) is 5.82 Å². The fourth-order valence-corrected chi connectivity index (χ4v) is 0.845. The van der Waals surface area contributed by atoms with E-state index in [0.29, 0.717) is 5.11 Å². The SMILES string of the molecule is CNC(=S)Nc1ccc(F)cc1. The molecule has 1 aromatic carbocycles. The van der Waals surface area contributed by atoms with Crippen molar-refractivity contribution in [3.63, 3.8) is 0 Å². The fourth-order valence-electron chi connectivity index (χ4n) is 0.727. The predicted molar refractivity (Wildman–Crippen MR) is 51.7 cm³/mol. The van der Waals surface area contributed by atoms with E-state index in [9.17, 15) is 4.39 Å². The van der Waals surface area contributed by atoms with Crippen molar-refractivity contribution in [2.45, 2.75) is 0 Å². The minimum Gasteiger partial charge on any atom is -0.366 e. The summed E-state index contributed by atoms with van der Waals surface area (Å²) in [6.07, 6.45) is 0. The molecule has 0 unspecified atom stereocenters. The molecule has 0 atom stereocenters. The van der Waals surface area contributed by atoms with Crippen LogP contribution in [0.1, 0.15) is 0 Å². The van der Waals surface area contributed by atoms with Crippen LogP contribution in [-0.4, -0.2) is 12.2 Å². The molecule has 0 heterocycles. The summed E-state index contributed by atoms with van der Waals surface area (Å²) in [5.41, 5.74) is 0.774. The molecule has 12 heavy (non-hydrogen) atoms. The maximum absolute atomic E-state index is 12.4. The summed E-state index contributed by atoms with van der Waals surface area (Å²) in [7, 11) is 1.72. The standard InChI is InChI=1S/C8H9FN2S/c1-10-8(12)11-7-4-2-6(9)3-5-7/h2-5H,1H3,(H2,10,11,12). The molecule has 0 saturated heterocycles. The average Bonchev–Trinajstić information content (AvgIpc) is 2.09. The van der Waals surface area contributed by atoms with Crippen LogP contribution in [0, 0.1) is 5.82 Å². The average molecular weight is 184 g/mol. The summed E-state index contributed by atoms with van der Waals surface area (Å²) in [6, 6.07) is 6.00. The van der Waals surface area contributed by atoms with Gasteiger partial charge in [0.2, 0.25) is 0 Å². The lowest BCUT2D eigenvalue weighted by molar-refractivity contribution is 0.628. The molecule has 0 bridgehead atoms. The fraction of sp³-hybridized carbons (Fsp3) is 0.125. The highest BCUT2D eigenvalue weighted by Gasteiger charge is 1.94. The Morgan fingerprint density at radius 3 is 2.42 bits per heavy atom. The first-order valence-corrected chi connectivity index (χ1v) is 3.87. The zero-order valence-electron chi connectivity index (χ0n) is 6.60. The maximum Gasteiger partial charge on any atom is 0.170 e. The lowest BCUT2D eigenvalue weighted by Crippen LogP contribution is -2.23. The van der Waals surface area contributed by atoms with Gasteiger partial charge in [-0.1, -0.05) is 0 Å². The Labute approximate surface area is 75.8 Å².